The van der Waals surface area contributed by atoms with Gasteiger partial charge in [-0.1, -0.05) is 53.2 Å². The van der Waals surface area contributed by atoms with E-state index in [2.05, 4.69) is 15.6 Å². The maximum Gasteiger partial charge on any atom is 0.279 e. The number of aromatic nitrogens is 3. The highest BCUT2D eigenvalue weighted by molar-refractivity contribution is 6.31. The van der Waals surface area contributed by atoms with Crippen LogP contribution in [0.2, 0.25) is 5.02 Å². The number of hydrogen-bond acceptors (Lipinski definition) is 4. The van der Waals surface area contributed by atoms with Gasteiger partial charge in [-0.15, -0.1) is 0 Å². The SMILES string of the molecule is O=C(Nc1ccn(Cc2ccc(F)cc2Cl)n1)c1cc(-c2ccccc2)on1. The molecule has 4 rings (SSSR count). The van der Waals surface area contributed by atoms with Gasteiger partial charge in [0.15, 0.2) is 17.3 Å². The van der Waals surface area contributed by atoms with Crippen LogP contribution in [0.4, 0.5) is 10.2 Å². The maximum atomic E-state index is 13.1. The number of carbonyl (C=O) groups is 1. The van der Waals surface area contributed by atoms with Gasteiger partial charge in [0, 0.05) is 28.9 Å². The molecule has 0 radical (unpaired) electrons. The van der Waals surface area contributed by atoms with E-state index in [0.29, 0.717) is 28.7 Å². The van der Waals surface area contributed by atoms with Crippen molar-refractivity contribution in [2.24, 2.45) is 0 Å². The summed E-state index contributed by atoms with van der Waals surface area (Å²) < 4.78 is 20.0. The molecule has 28 heavy (non-hydrogen) atoms. The summed E-state index contributed by atoms with van der Waals surface area (Å²) in [6.45, 7) is 0.344. The van der Waals surface area contributed by atoms with E-state index in [1.165, 1.54) is 12.1 Å². The standard InChI is InChI=1S/C20H14ClFN4O2/c21-16-10-15(22)7-6-14(16)12-26-9-8-19(24-26)23-20(27)17-11-18(28-25-17)13-4-2-1-3-5-13/h1-11H,12H2,(H,23,24,27). The largest absolute Gasteiger partial charge is 0.355 e. The Kier molecular flexibility index (Phi) is 4.90. The molecule has 6 nitrogen and oxygen atoms in total. The Morgan fingerprint density at radius 2 is 1.96 bits per heavy atom. The van der Waals surface area contributed by atoms with Gasteiger partial charge in [-0.25, -0.2) is 4.39 Å². The molecule has 0 saturated carbocycles. The Hall–Kier alpha value is -3.45. The zero-order valence-electron chi connectivity index (χ0n) is 14.5. The summed E-state index contributed by atoms with van der Waals surface area (Å²) in [6, 6.07) is 16.8. The lowest BCUT2D eigenvalue weighted by atomic mass is 10.1. The number of hydrogen-bond donors (Lipinski definition) is 1. The summed E-state index contributed by atoms with van der Waals surface area (Å²) in [4.78, 5) is 12.4. The van der Waals surface area contributed by atoms with Crippen LogP contribution in [0.25, 0.3) is 11.3 Å². The summed E-state index contributed by atoms with van der Waals surface area (Å²) in [5, 5.41) is 11.1. The Balaban J connectivity index is 1.44. The number of nitrogens with one attached hydrogen (secondary N) is 1. The first kappa shape index (κ1) is 17.9. The van der Waals surface area contributed by atoms with Gasteiger partial charge in [-0.3, -0.25) is 9.48 Å². The highest BCUT2D eigenvalue weighted by Crippen LogP contribution is 2.21. The number of halogens is 2. The second-order valence-electron chi connectivity index (χ2n) is 6.03. The quantitative estimate of drug-likeness (QED) is 0.533. The minimum absolute atomic E-state index is 0.148. The van der Waals surface area contributed by atoms with E-state index in [9.17, 15) is 9.18 Å². The summed E-state index contributed by atoms with van der Waals surface area (Å²) in [5.41, 5.74) is 1.69. The van der Waals surface area contributed by atoms with Gasteiger partial charge in [0.25, 0.3) is 5.91 Å². The first-order valence-electron chi connectivity index (χ1n) is 8.39. The molecule has 0 aliphatic carbocycles. The molecule has 0 aliphatic heterocycles. The van der Waals surface area contributed by atoms with E-state index in [1.54, 1.807) is 29.1 Å². The summed E-state index contributed by atoms with van der Waals surface area (Å²) in [6.07, 6.45) is 1.69. The Bertz CT molecular complexity index is 1120. The normalized spacial score (nSPS) is 10.8. The molecule has 1 N–H and O–H groups in total. The minimum atomic E-state index is -0.434. The highest BCUT2D eigenvalue weighted by atomic mass is 35.5. The van der Waals surface area contributed by atoms with Crippen LogP contribution in [-0.2, 0) is 6.54 Å². The van der Waals surface area contributed by atoms with Crippen molar-refractivity contribution >= 4 is 23.3 Å². The van der Waals surface area contributed by atoms with E-state index in [4.69, 9.17) is 16.1 Å². The molecule has 0 unspecified atom stereocenters. The summed E-state index contributed by atoms with van der Waals surface area (Å²) >= 11 is 6.03. The lowest BCUT2D eigenvalue weighted by molar-refractivity contribution is 0.101. The number of carbonyl (C=O) groups excluding carboxylic acids is 1. The monoisotopic (exact) mass is 396 g/mol. The van der Waals surface area contributed by atoms with Gasteiger partial charge >= 0.3 is 0 Å². The molecule has 0 aliphatic rings. The number of benzene rings is 2. The Morgan fingerprint density at radius 1 is 1.14 bits per heavy atom. The summed E-state index contributed by atoms with van der Waals surface area (Å²) in [7, 11) is 0. The van der Waals surface area contributed by atoms with Crippen LogP contribution in [0, 0.1) is 5.82 Å². The number of anilines is 1. The molecular formula is C20H14ClFN4O2. The van der Waals surface area contributed by atoms with E-state index in [-0.39, 0.29) is 5.69 Å². The van der Waals surface area contributed by atoms with Gasteiger partial charge in [0.2, 0.25) is 0 Å². The molecule has 8 heteroatoms. The van der Waals surface area contributed by atoms with E-state index < -0.39 is 11.7 Å². The van der Waals surface area contributed by atoms with Crippen molar-refractivity contribution in [3.05, 3.63) is 89.0 Å². The average molecular weight is 397 g/mol. The van der Waals surface area contributed by atoms with Gasteiger partial charge < -0.3 is 9.84 Å². The van der Waals surface area contributed by atoms with E-state index in [1.807, 2.05) is 30.3 Å². The fourth-order valence-electron chi connectivity index (χ4n) is 2.64. The highest BCUT2D eigenvalue weighted by Gasteiger charge is 2.15. The molecule has 2 heterocycles. The Morgan fingerprint density at radius 3 is 2.75 bits per heavy atom. The van der Waals surface area contributed by atoms with E-state index in [0.717, 1.165) is 5.56 Å². The van der Waals surface area contributed by atoms with E-state index >= 15 is 0 Å². The topological polar surface area (TPSA) is 73.0 Å². The van der Waals surface area contributed by atoms with Crippen molar-refractivity contribution in [1.29, 1.82) is 0 Å². The third-order valence-corrected chi connectivity index (χ3v) is 4.38. The molecule has 1 amide bonds. The van der Waals surface area contributed by atoms with Crippen LogP contribution < -0.4 is 5.32 Å². The van der Waals surface area contributed by atoms with Crippen molar-refractivity contribution in [1.82, 2.24) is 14.9 Å². The van der Waals surface area contributed by atoms with Crippen molar-refractivity contribution in [3.8, 4) is 11.3 Å². The van der Waals surface area contributed by atoms with Gasteiger partial charge in [0.05, 0.1) is 6.54 Å². The van der Waals surface area contributed by atoms with Crippen LogP contribution in [-0.4, -0.2) is 20.8 Å². The lowest BCUT2D eigenvalue weighted by Gasteiger charge is -2.04. The fourth-order valence-corrected chi connectivity index (χ4v) is 2.87. The molecule has 0 atom stereocenters. The zero-order chi connectivity index (χ0) is 19.5. The lowest BCUT2D eigenvalue weighted by Crippen LogP contribution is -2.13. The van der Waals surface area contributed by atoms with Crippen LogP contribution in [0.3, 0.4) is 0 Å². The van der Waals surface area contributed by atoms with Gasteiger partial charge in [-0.2, -0.15) is 5.10 Å². The summed E-state index contributed by atoms with van der Waals surface area (Å²) in [5.74, 6) is 0.0235. The van der Waals surface area contributed by atoms with Crippen molar-refractivity contribution in [3.63, 3.8) is 0 Å². The second-order valence-corrected chi connectivity index (χ2v) is 6.44. The molecule has 0 spiro atoms. The van der Waals surface area contributed by atoms with Crippen LogP contribution in [0.15, 0.2) is 71.4 Å². The predicted molar refractivity (Wildman–Crippen MR) is 103 cm³/mol. The fraction of sp³-hybridized carbons (Fsp3) is 0.0500. The number of amides is 1. The third-order valence-electron chi connectivity index (χ3n) is 4.03. The van der Waals surface area contributed by atoms with Crippen molar-refractivity contribution < 1.29 is 13.7 Å². The number of nitrogens with zero attached hydrogens (tertiary/aromatic N) is 3. The van der Waals surface area contributed by atoms with Crippen molar-refractivity contribution in [2.75, 3.05) is 5.32 Å². The second kappa shape index (κ2) is 7.66. The molecule has 2 aromatic carbocycles. The van der Waals surface area contributed by atoms with Crippen LogP contribution >= 0.6 is 11.6 Å². The van der Waals surface area contributed by atoms with Gasteiger partial charge in [0.1, 0.15) is 5.82 Å². The first-order chi connectivity index (χ1) is 13.6. The Labute approximate surface area is 164 Å². The molecule has 140 valence electrons. The molecular weight excluding hydrogens is 383 g/mol. The number of rotatable bonds is 5. The molecule has 0 bridgehead atoms. The first-order valence-corrected chi connectivity index (χ1v) is 8.77. The van der Waals surface area contributed by atoms with Crippen LogP contribution in [0.5, 0.6) is 0 Å². The van der Waals surface area contributed by atoms with Crippen LogP contribution in [0.1, 0.15) is 16.1 Å². The molecule has 2 aromatic heterocycles. The molecule has 0 fully saturated rings. The minimum Gasteiger partial charge on any atom is -0.355 e. The smallest absolute Gasteiger partial charge is 0.279 e. The zero-order valence-corrected chi connectivity index (χ0v) is 15.2. The van der Waals surface area contributed by atoms with Crippen molar-refractivity contribution in [2.45, 2.75) is 6.54 Å². The average Bonchev–Trinajstić information content (AvgIpc) is 3.35. The predicted octanol–water partition coefficient (Wildman–Crippen LogP) is 4.63. The van der Waals surface area contributed by atoms with Gasteiger partial charge in [-0.05, 0) is 17.7 Å². The molecule has 4 aromatic rings. The maximum absolute atomic E-state index is 13.1. The third kappa shape index (κ3) is 3.94. The molecule has 0 saturated heterocycles.